The number of anilines is 2. The van der Waals surface area contributed by atoms with E-state index in [0.717, 1.165) is 32.2 Å². The standard InChI is InChI=1S/C23H33N5O3/c1-23(2,3)25-13-15-7-9-16(10-8-15)28-14-19-21(27-22(28)29)26-20-17(30-12-11-24)5-4-6-18(20)31-19/h4-6,14-16,25H,7-13,24H2,1-3H3,(H,26,27,29)/t15-,16-. The van der Waals surface area contributed by atoms with Crippen LogP contribution in [0, 0.1) is 5.92 Å². The normalized spacial score (nSPS) is 20.3. The summed E-state index contributed by atoms with van der Waals surface area (Å²) in [5.74, 6) is 2.89. The molecule has 0 unspecified atom stereocenters. The van der Waals surface area contributed by atoms with Crippen molar-refractivity contribution >= 4 is 11.5 Å². The van der Waals surface area contributed by atoms with Gasteiger partial charge in [0.1, 0.15) is 18.0 Å². The van der Waals surface area contributed by atoms with Crippen molar-refractivity contribution in [3.63, 3.8) is 0 Å². The lowest BCUT2D eigenvalue weighted by atomic mass is 9.85. The van der Waals surface area contributed by atoms with Crippen molar-refractivity contribution in [1.82, 2.24) is 14.9 Å². The van der Waals surface area contributed by atoms with Crippen molar-refractivity contribution in [2.45, 2.75) is 58.0 Å². The van der Waals surface area contributed by atoms with Gasteiger partial charge in [0.15, 0.2) is 17.3 Å². The Morgan fingerprint density at radius 1 is 1.26 bits per heavy atom. The second-order valence-corrected chi connectivity index (χ2v) is 9.44. The van der Waals surface area contributed by atoms with E-state index in [-0.39, 0.29) is 17.3 Å². The summed E-state index contributed by atoms with van der Waals surface area (Å²) in [6.07, 6.45) is 5.93. The van der Waals surface area contributed by atoms with E-state index in [9.17, 15) is 4.79 Å². The summed E-state index contributed by atoms with van der Waals surface area (Å²) in [5.41, 5.74) is 6.09. The molecule has 1 aromatic heterocycles. The van der Waals surface area contributed by atoms with Gasteiger partial charge >= 0.3 is 5.69 Å². The fraction of sp³-hybridized carbons (Fsp3) is 0.565. The highest BCUT2D eigenvalue weighted by Crippen LogP contribution is 2.45. The number of ether oxygens (including phenoxy) is 2. The van der Waals surface area contributed by atoms with Gasteiger partial charge in [-0.05, 0) is 71.0 Å². The highest BCUT2D eigenvalue weighted by Gasteiger charge is 2.27. The minimum atomic E-state index is -0.255. The fourth-order valence-corrected chi connectivity index (χ4v) is 4.20. The zero-order chi connectivity index (χ0) is 22.0. The molecule has 168 valence electrons. The number of hydrogen-bond acceptors (Lipinski definition) is 7. The molecule has 4 rings (SSSR count). The molecule has 2 aromatic rings. The second kappa shape index (κ2) is 8.88. The number of aromatic nitrogens is 2. The summed E-state index contributed by atoms with van der Waals surface area (Å²) in [4.78, 5) is 17.1. The third-order valence-electron chi connectivity index (χ3n) is 5.88. The van der Waals surface area contributed by atoms with E-state index < -0.39 is 0 Å². The van der Waals surface area contributed by atoms with Crippen LogP contribution in [0.15, 0.2) is 29.2 Å². The van der Waals surface area contributed by atoms with Gasteiger partial charge in [-0.15, -0.1) is 0 Å². The molecule has 1 saturated carbocycles. The van der Waals surface area contributed by atoms with Gasteiger partial charge in [0, 0.05) is 18.1 Å². The van der Waals surface area contributed by atoms with Gasteiger partial charge in [0.25, 0.3) is 0 Å². The fourth-order valence-electron chi connectivity index (χ4n) is 4.20. The highest BCUT2D eigenvalue weighted by atomic mass is 16.5. The van der Waals surface area contributed by atoms with Crippen molar-refractivity contribution in [2.24, 2.45) is 11.7 Å². The molecule has 31 heavy (non-hydrogen) atoms. The molecular formula is C23H33N5O3. The van der Waals surface area contributed by atoms with Crippen molar-refractivity contribution in [3.8, 4) is 17.2 Å². The first-order chi connectivity index (χ1) is 14.8. The van der Waals surface area contributed by atoms with Gasteiger partial charge in [-0.1, -0.05) is 6.07 Å². The van der Waals surface area contributed by atoms with Crippen LogP contribution in [-0.2, 0) is 0 Å². The van der Waals surface area contributed by atoms with E-state index in [0.29, 0.717) is 47.8 Å². The summed E-state index contributed by atoms with van der Waals surface area (Å²) in [5, 5.41) is 6.80. The van der Waals surface area contributed by atoms with Crippen LogP contribution in [0.5, 0.6) is 17.2 Å². The molecule has 0 bridgehead atoms. The van der Waals surface area contributed by atoms with Gasteiger partial charge in [-0.25, -0.2) is 4.79 Å². The molecule has 1 aromatic carbocycles. The van der Waals surface area contributed by atoms with Gasteiger partial charge < -0.3 is 25.8 Å². The molecule has 4 N–H and O–H groups in total. The molecule has 1 aliphatic carbocycles. The molecule has 0 spiro atoms. The van der Waals surface area contributed by atoms with E-state index in [1.165, 1.54) is 0 Å². The minimum Gasteiger partial charge on any atom is -0.490 e. The van der Waals surface area contributed by atoms with Gasteiger partial charge in [-0.3, -0.25) is 4.57 Å². The van der Waals surface area contributed by atoms with Crippen molar-refractivity contribution in [1.29, 1.82) is 0 Å². The van der Waals surface area contributed by atoms with Crippen molar-refractivity contribution < 1.29 is 9.47 Å². The lowest BCUT2D eigenvalue weighted by Crippen LogP contribution is -2.40. The van der Waals surface area contributed by atoms with Crippen LogP contribution in [0.3, 0.4) is 0 Å². The van der Waals surface area contributed by atoms with E-state index in [1.807, 2.05) is 18.2 Å². The Morgan fingerprint density at radius 2 is 2.03 bits per heavy atom. The Morgan fingerprint density at radius 3 is 2.74 bits per heavy atom. The first-order valence-corrected chi connectivity index (χ1v) is 11.1. The number of fused-ring (bicyclic) bond motifs is 2. The number of hydrogen-bond donors (Lipinski definition) is 3. The maximum absolute atomic E-state index is 12.8. The van der Waals surface area contributed by atoms with Crippen molar-refractivity contribution in [3.05, 3.63) is 34.9 Å². The van der Waals surface area contributed by atoms with Gasteiger partial charge in [0.2, 0.25) is 0 Å². The monoisotopic (exact) mass is 427 g/mol. The Bertz CT molecular complexity index is 974. The molecule has 1 fully saturated rings. The van der Waals surface area contributed by atoms with Crippen LogP contribution in [-0.4, -0.2) is 34.8 Å². The summed E-state index contributed by atoms with van der Waals surface area (Å²) in [6, 6.07) is 5.72. The van der Waals surface area contributed by atoms with Crippen LogP contribution in [0.4, 0.5) is 11.5 Å². The van der Waals surface area contributed by atoms with Crippen LogP contribution in [0.25, 0.3) is 0 Å². The summed E-state index contributed by atoms with van der Waals surface area (Å²) >= 11 is 0. The molecule has 0 amide bonds. The molecule has 8 heteroatoms. The van der Waals surface area contributed by atoms with Gasteiger partial charge in [-0.2, -0.15) is 4.98 Å². The minimum absolute atomic E-state index is 0.131. The molecule has 8 nitrogen and oxygen atoms in total. The topological polar surface area (TPSA) is 103 Å². The average molecular weight is 428 g/mol. The summed E-state index contributed by atoms with van der Waals surface area (Å²) in [7, 11) is 0. The lowest BCUT2D eigenvalue weighted by molar-refractivity contribution is 0.246. The Kier molecular flexibility index (Phi) is 6.20. The van der Waals surface area contributed by atoms with Crippen LogP contribution < -0.4 is 31.5 Å². The number of nitrogens with two attached hydrogens (primary N) is 1. The van der Waals surface area contributed by atoms with E-state index in [4.69, 9.17) is 15.2 Å². The number of para-hydroxylation sites is 1. The highest BCUT2D eigenvalue weighted by molar-refractivity contribution is 5.77. The van der Waals surface area contributed by atoms with Crippen LogP contribution in [0.1, 0.15) is 52.5 Å². The Labute approximate surface area is 183 Å². The van der Waals surface area contributed by atoms with Crippen LogP contribution in [0.2, 0.25) is 0 Å². The van der Waals surface area contributed by atoms with E-state index in [1.54, 1.807) is 10.8 Å². The third kappa shape index (κ3) is 5.02. The van der Waals surface area contributed by atoms with Gasteiger partial charge in [0.05, 0.1) is 6.20 Å². The number of benzene rings is 1. The molecule has 2 aliphatic rings. The van der Waals surface area contributed by atoms with E-state index >= 15 is 0 Å². The average Bonchev–Trinajstić information content (AvgIpc) is 2.74. The quantitative estimate of drug-likeness (QED) is 0.553. The summed E-state index contributed by atoms with van der Waals surface area (Å²) in [6.45, 7) is 8.40. The van der Waals surface area contributed by atoms with Crippen LogP contribution >= 0.6 is 0 Å². The number of nitrogens with zero attached hydrogens (tertiary/aromatic N) is 2. The molecule has 2 heterocycles. The summed E-state index contributed by atoms with van der Waals surface area (Å²) < 4.78 is 13.5. The smallest absolute Gasteiger partial charge is 0.350 e. The molecule has 0 atom stereocenters. The zero-order valence-corrected chi connectivity index (χ0v) is 18.6. The molecule has 1 aliphatic heterocycles. The van der Waals surface area contributed by atoms with E-state index in [2.05, 4.69) is 36.4 Å². The maximum Gasteiger partial charge on any atom is 0.350 e. The molecule has 0 radical (unpaired) electrons. The lowest BCUT2D eigenvalue weighted by Gasteiger charge is -2.32. The SMILES string of the molecule is CC(C)(C)NC[C@H]1CC[C@H](n2cc3c(nc2=O)Nc2c(OCCN)cccc2O3)CC1. The number of rotatable bonds is 6. The second-order valence-electron chi connectivity index (χ2n) is 9.44. The predicted octanol–water partition coefficient (Wildman–Crippen LogP) is 3.55. The Balaban J connectivity index is 1.47. The zero-order valence-electron chi connectivity index (χ0n) is 18.6. The first kappa shape index (κ1) is 21.6. The first-order valence-electron chi connectivity index (χ1n) is 11.1. The maximum atomic E-state index is 12.8. The molecule has 0 saturated heterocycles. The predicted molar refractivity (Wildman–Crippen MR) is 122 cm³/mol. The third-order valence-corrected chi connectivity index (χ3v) is 5.88. The Hall–Kier alpha value is -2.58. The molecular weight excluding hydrogens is 394 g/mol. The number of nitrogens with one attached hydrogen (secondary N) is 2. The largest absolute Gasteiger partial charge is 0.490 e. The van der Waals surface area contributed by atoms with Crippen molar-refractivity contribution in [2.75, 3.05) is 25.0 Å².